The molecule has 0 unspecified atom stereocenters. The molecule has 0 bridgehead atoms. The number of benzene rings is 2. The summed E-state index contributed by atoms with van der Waals surface area (Å²) in [5.41, 5.74) is 2.15. The molecular weight excluding hydrogens is 316 g/mol. The van der Waals surface area contributed by atoms with Gasteiger partial charge in [0.05, 0.1) is 18.6 Å². The first kappa shape index (κ1) is 16.8. The van der Waals surface area contributed by atoms with Crippen molar-refractivity contribution in [1.82, 2.24) is 0 Å². The van der Waals surface area contributed by atoms with Crippen molar-refractivity contribution in [3.05, 3.63) is 53.1 Å². The van der Waals surface area contributed by atoms with Gasteiger partial charge in [0.15, 0.2) is 0 Å². The Bertz CT molecular complexity index is 714. The van der Waals surface area contributed by atoms with Crippen LogP contribution in [0.5, 0.6) is 5.75 Å². The smallest absolute Gasteiger partial charge is 0.228 e. The van der Waals surface area contributed by atoms with Gasteiger partial charge in [0.25, 0.3) is 0 Å². The number of amides is 2. The van der Waals surface area contributed by atoms with Gasteiger partial charge >= 0.3 is 0 Å². The maximum atomic E-state index is 12.1. The zero-order valence-electron chi connectivity index (χ0n) is 12.9. The molecule has 0 aliphatic heterocycles. The Labute approximate surface area is 139 Å². The Balaban J connectivity index is 1.96. The fraction of sp³-hybridized carbons (Fsp3) is 0.176. The largest absolute Gasteiger partial charge is 0.495 e. The van der Waals surface area contributed by atoms with Crippen LogP contribution >= 0.6 is 11.6 Å². The van der Waals surface area contributed by atoms with Crippen LogP contribution in [-0.4, -0.2) is 18.9 Å². The molecule has 0 saturated carbocycles. The van der Waals surface area contributed by atoms with E-state index in [1.807, 2.05) is 0 Å². The molecule has 2 amide bonds. The van der Waals surface area contributed by atoms with Crippen LogP contribution in [0.4, 0.5) is 11.4 Å². The van der Waals surface area contributed by atoms with Gasteiger partial charge in [-0.05, 0) is 35.9 Å². The van der Waals surface area contributed by atoms with Crippen molar-refractivity contribution in [3.63, 3.8) is 0 Å². The third kappa shape index (κ3) is 5.00. The van der Waals surface area contributed by atoms with Crippen LogP contribution in [0, 0.1) is 0 Å². The van der Waals surface area contributed by atoms with Gasteiger partial charge in [-0.15, -0.1) is 0 Å². The van der Waals surface area contributed by atoms with Crippen molar-refractivity contribution < 1.29 is 14.3 Å². The SMILES string of the molecule is COc1ccc(NC(=O)Cc2ccc(NC(C)=O)cc2)cc1Cl. The first-order valence-corrected chi connectivity index (χ1v) is 7.35. The second kappa shape index (κ2) is 7.65. The summed E-state index contributed by atoms with van der Waals surface area (Å²) < 4.78 is 5.06. The lowest BCUT2D eigenvalue weighted by Crippen LogP contribution is -2.14. The summed E-state index contributed by atoms with van der Waals surface area (Å²) in [6.45, 7) is 1.45. The van der Waals surface area contributed by atoms with Gasteiger partial charge in [0, 0.05) is 18.3 Å². The van der Waals surface area contributed by atoms with Crippen LogP contribution in [0.3, 0.4) is 0 Å². The molecule has 120 valence electrons. The van der Waals surface area contributed by atoms with Crippen LogP contribution < -0.4 is 15.4 Å². The third-order valence-electron chi connectivity index (χ3n) is 3.07. The molecule has 0 fully saturated rings. The molecule has 0 atom stereocenters. The van der Waals surface area contributed by atoms with Crippen molar-refractivity contribution in [1.29, 1.82) is 0 Å². The summed E-state index contributed by atoms with van der Waals surface area (Å²) in [6.07, 6.45) is 0.226. The molecule has 0 heterocycles. The predicted octanol–water partition coefficient (Wildman–Crippen LogP) is 3.49. The topological polar surface area (TPSA) is 67.4 Å². The molecule has 0 aromatic heterocycles. The highest BCUT2D eigenvalue weighted by Crippen LogP contribution is 2.27. The summed E-state index contributed by atoms with van der Waals surface area (Å²) in [6, 6.07) is 12.2. The molecule has 5 nitrogen and oxygen atoms in total. The minimum Gasteiger partial charge on any atom is -0.495 e. The quantitative estimate of drug-likeness (QED) is 0.880. The van der Waals surface area contributed by atoms with Crippen LogP contribution in [0.2, 0.25) is 5.02 Å². The van der Waals surface area contributed by atoms with Gasteiger partial charge in [-0.3, -0.25) is 9.59 Å². The molecule has 0 aliphatic carbocycles. The van der Waals surface area contributed by atoms with E-state index in [4.69, 9.17) is 16.3 Å². The fourth-order valence-electron chi connectivity index (χ4n) is 2.04. The van der Waals surface area contributed by atoms with Gasteiger partial charge in [0.1, 0.15) is 5.75 Å². The number of hydrogen-bond acceptors (Lipinski definition) is 3. The van der Waals surface area contributed by atoms with Crippen LogP contribution in [-0.2, 0) is 16.0 Å². The molecule has 0 saturated heterocycles. The number of carbonyl (C=O) groups excluding carboxylic acids is 2. The van der Waals surface area contributed by atoms with Crippen LogP contribution in [0.15, 0.2) is 42.5 Å². The predicted molar refractivity (Wildman–Crippen MR) is 91.1 cm³/mol. The maximum absolute atomic E-state index is 12.1. The van der Waals surface area contributed by atoms with Crippen molar-refractivity contribution in [3.8, 4) is 5.75 Å². The summed E-state index contributed by atoms with van der Waals surface area (Å²) in [5, 5.41) is 5.89. The molecular formula is C17H17ClN2O3. The standard InChI is InChI=1S/C17H17ClN2O3/c1-11(21)19-13-5-3-12(4-6-13)9-17(22)20-14-7-8-16(23-2)15(18)10-14/h3-8,10H,9H2,1-2H3,(H,19,21)(H,20,22). The maximum Gasteiger partial charge on any atom is 0.228 e. The molecule has 23 heavy (non-hydrogen) atoms. The van der Waals surface area contributed by atoms with E-state index in [0.717, 1.165) is 5.56 Å². The average molecular weight is 333 g/mol. The van der Waals surface area contributed by atoms with E-state index < -0.39 is 0 Å². The number of methoxy groups -OCH3 is 1. The number of rotatable bonds is 5. The van der Waals surface area contributed by atoms with E-state index in [2.05, 4.69) is 10.6 Å². The van der Waals surface area contributed by atoms with Crippen molar-refractivity contribution in [2.75, 3.05) is 17.7 Å². The van der Waals surface area contributed by atoms with E-state index in [0.29, 0.717) is 22.1 Å². The zero-order chi connectivity index (χ0) is 16.8. The Hall–Kier alpha value is -2.53. The van der Waals surface area contributed by atoms with Gasteiger partial charge in [0.2, 0.25) is 11.8 Å². The second-order valence-corrected chi connectivity index (χ2v) is 5.36. The monoisotopic (exact) mass is 332 g/mol. The normalized spacial score (nSPS) is 10.0. The fourth-order valence-corrected chi connectivity index (χ4v) is 2.30. The lowest BCUT2D eigenvalue weighted by molar-refractivity contribution is -0.116. The Morgan fingerprint density at radius 3 is 2.26 bits per heavy atom. The highest BCUT2D eigenvalue weighted by Gasteiger charge is 2.07. The summed E-state index contributed by atoms with van der Waals surface area (Å²) in [4.78, 5) is 23.0. The first-order chi connectivity index (χ1) is 11.0. The molecule has 2 rings (SSSR count). The van der Waals surface area contributed by atoms with Gasteiger partial charge < -0.3 is 15.4 Å². The van der Waals surface area contributed by atoms with Crippen molar-refractivity contribution in [2.45, 2.75) is 13.3 Å². The lowest BCUT2D eigenvalue weighted by atomic mass is 10.1. The summed E-state index contributed by atoms with van der Waals surface area (Å²) in [5.74, 6) is 0.267. The number of ether oxygens (including phenoxy) is 1. The number of anilines is 2. The highest BCUT2D eigenvalue weighted by molar-refractivity contribution is 6.32. The molecule has 2 N–H and O–H groups in total. The Morgan fingerprint density at radius 2 is 1.70 bits per heavy atom. The number of halogens is 1. The van der Waals surface area contributed by atoms with Crippen molar-refractivity contribution in [2.24, 2.45) is 0 Å². The van der Waals surface area contributed by atoms with Gasteiger partial charge in [-0.2, -0.15) is 0 Å². The number of carbonyl (C=O) groups is 2. The van der Waals surface area contributed by atoms with Crippen LogP contribution in [0.1, 0.15) is 12.5 Å². The van der Waals surface area contributed by atoms with E-state index in [1.165, 1.54) is 14.0 Å². The summed E-state index contributed by atoms with van der Waals surface area (Å²) >= 11 is 6.02. The van der Waals surface area contributed by atoms with Gasteiger partial charge in [-0.1, -0.05) is 23.7 Å². The minimum absolute atomic E-state index is 0.133. The third-order valence-corrected chi connectivity index (χ3v) is 3.37. The van der Waals surface area contributed by atoms with E-state index in [-0.39, 0.29) is 18.2 Å². The highest BCUT2D eigenvalue weighted by atomic mass is 35.5. The Kier molecular flexibility index (Phi) is 5.60. The number of hydrogen-bond donors (Lipinski definition) is 2. The average Bonchev–Trinajstić information content (AvgIpc) is 2.49. The van der Waals surface area contributed by atoms with E-state index in [9.17, 15) is 9.59 Å². The van der Waals surface area contributed by atoms with Gasteiger partial charge in [-0.25, -0.2) is 0 Å². The minimum atomic E-state index is -0.154. The molecule has 0 aliphatic rings. The molecule has 2 aromatic rings. The lowest BCUT2D eigenvalue weighted by Gasteiger charge is -2.08. The number of nitrogens with one attached hydrogen (secondary N) is 2. The Morgan fingerprint density at radius 1 is 1.04 bits per heavy atom. The summed E-state index contributed by atoms with van der Waals surface area (Å²) in [7, 11) is 1.53. The van der Waals surface area contributed by atoms with Crippen LogP contribution in [0.25, 0.3) is 0 Å². The van der Waals surface area contributed by atoms with E-state index in [1.54, 1.807) is 42.5 Å². The molecule has 6 heteroatoms. The second-order valence-electron chi connectivity index (χ2n) is 4.95. The first-order valence-electron chi connectivity index (χ1n) is 6.98. The molecule has 0 radical (unpaired) electrons. The zero-order valence-corrected chi connectivity index (χ0v) is 13.6. The van der Waals surface area contributed by atoms with E-state index >= 15 is 0 Å². The molecule has 0 spiro atoms. The van der Waals surface area contributed by atoms with Crippen molar-refractivity contribution >= 4 is 34.8 Å². The molecule has 2 aromatic carbocycles.